The Kier molecular flexibility index (Phi) is 55.8. The highest BCUT2D eigenvalue weighted by molar-refractivity contribution is 7.09. The van der Waals surface area contributed by atoms with Crippen LogP contribution in [0.2, 0.25) is 0 Å². The van der Waals surface area contributed by atoms with Crippen LogP contribution in [0.25, 0.3) is 0 Å². The summed E-state index contributed by atoms with van der Waals surface area (Å²) in [5.41, 5.74) is 7.22. The molecule has 0 spiro atoms. The number of aliphatic hydroxyl groups is 3. The van der Waals surface area contributed by atoms with Crippen molar-refractivity contribution < 1.29 is 159 Å². The van der Waals surface area contributed by atoms with Crippen molar-refractivity contribution in [2.24, 2.45) is 29.4 Å². The molecule has 139 heavy (non-hydrogen) atoms. The van der Waals surface area contributed by atoms with E-state index in [1.165, 1.54) is 6.07 Å². The third-order valence-electron chi connectivity index (χ3n) is 23.4. The minimum Gasteiger partial charge on any atom is -0.481 e. The van der Waals surface area contributed by atoms with Crippen molar-refractivity contribution in [3.63, 3.8) is 0 Å². The van der Waals surface area contributed by atoms with E-state index in [9.17, 15) is 73.5 Å². The zero-order valence-corrected chi connectivity index (χ0v) is 82.7. The van der Waals surface area contributed by atoms with E-state index in [0.29, 0.717) is 187 Å². The van der Waals surface area contributed by atoms with Gasteiger partial charge in [-0.1, -0.05) is 92.1 Å². The van der Waals surface area contributed by atoms with Crippen molar-refractivity contribution >= 4 is 88.3 Å². The number of aromatic nitrogens is 1. The number of rotatable bonds is 73. The van der Waals surface area contributed by atoms with Gasteiger partial charge in [0.25, 0.3) is 23.6 Å². The molecule has 13 N–H and O–H groups in total. The van der Waals surface area contributed by atoms with Gasteiger partial charge in [-0.2, -0.15) is 0 Å². The number of aliphatic carboxylic acids is 2. The molecule has 1 unspecified atom stereocenters. The lowest BCUT2D eigenvalue weighted by atomic mass is 9.92. The maximum absolute atomic E-state index is 15.2. The van der Waals surface area contributed by atoms with Gasteiger partial charge in [-0.25, -0.2) is 14.6 Å². The van der Waals surface area contributed by atoms with E-state index in [-0.39, 0.29) is 130 Å². The van der Waals surface area contributed by atoms with Crippen molar-refractivity contribution in [3.8, 4) is 5.75 Å². The number of nitrogens with zero attached hydrogens (tertiary/aromatic N) is 4. The van der Waals surface area contributed by atoms with Crippen LogP contribution in [0.15, 0.2) is 66.1 Å². The fourth-order valence-corrected chi connectivity index (χ4v) is 16.1. The number of carboxylic acids is 2. The molecule has 0 saturated carbocycles. The second-order valence-corrected chi connectivity index (χ2v) is 35.9. The van der Waals surface area contributed by atoms with Crippen LogP contribution >= 0.6 is 11.3 Å². The average Bonchev–Trinajstić information content (AvgIpc) is 1.71. The van der Waals surface area contributed by atoms with Gasteiger partial charge in [-0.15, -0.1) is 11.3 Å². The maximum Gasteiger partial charge on any atom is 0.411 e. The number of carboxylic acid groups (broad SMARTS) is 2. The predicted molar refractivity (Wildman–Crippen MR) is 504 cm³/mol. The van der Waals surface area contributed by atoms with Crippen LogP contribution in [0.4, 0.5) is 10.5 Å². The first-order valence-electron chi connectivity index (χ1n) is 48.0. The Morgan fingerprint density at radius 1 is 0.640 bits per heavy atom. The van der Waals surface area contributed by atoms with Gasteiger partial charge in [0.05, 0.1) is 176 Å². The summed E-state index contributed by atoms with van der Waals surface area (Å²) in [5.74, 6) is -9.16. The number of esters is 1. The van der Waals surface area contributed by atoms with Gasteiger partial charge in [0.2, 0.25) is 29.9 Å². The third-order valence-corrected chi connectivity index (χ3v) is 24.4. The SMILES string of the molecule is CCCNC(=O)[C@H](CCCCNC(=O)CCOCCOCCOCCOCCOCCOCCOCCOCCOCCOCCOCCOC(=O)Nc1cc(C[N+]2(C)CCCC[C@@H]2C(=O)N[C@H](C(=O)N(C)[C@H](C[C@@H](OC(=O)C(C)C)c2nc(C(=O)N[C@@H](Cc3ccccc3)C[C@H](C)C(=O)O)cs2)C(C)C)[C@@H](C)CC)ccc1O[C@@H]1O[C@H](C(=O)O)[C@@H](O)[C@H](O)[C@H]1O)NC(=O)[C@H](CN)N1C(=O)C=CC1=O. The Hall–Kier alpha value is -9.43. The van der Waals surface area contributed by atoms with E-state index in [1.807, 2.05) is 72.0 Å². The summed E-state index contributed by atoms with van der Waals surface area (Å²) in [6.45, 7) is 22.3. The van der Waals surface area contributed by atoms with E-state index in [1.54, 1.807) is 50.2 Å². The second kappa shape index (κ2) is 65.6. The van der Waals surface area contributed by atoms with E-state index in [4.69, 9.17) is 81.8 Å². The number of unbranched alkanes of at least 4 members (excludes halogenated alkanes) is 1. The Balaban J connectivity index is 0.817. The van der Waals surface area contributed by atoms with Gasteiger partial charge in [-0.3, -0.25) is 58.2 Å². The monoisotopic (exact) mass is 1990 g/mol. The van der Waals surface area contributed by atoms with Gasteiger partial charge >= 0.3 is 24.0 Å². The van der Waals surface area contributed by atoms with Gasteiger partial charge in [-0.05, 0) is 87.0 Å². The standard InChI is InChI=1S/C95H149N11O32S/c1-11-29-98-85(113)69(100-87(115)73(59-96)105-78(108)26-27-79(105)109)22-16-18-30-97-77(107)28-32-124-33-34-125-35-36-126-37-38-127-39-40-128-41-42-129-43-44-130-45-46-131-47-48-132-49-50-133-51-52-134-53-54-135-95(123)102-70-57-67(24-25-75(70)137-94-83(112)81(110)82(111)84(138-94)92(120)121)60-106(10)31-19-17-23-74(106)88(116)103-80(64(7)12-2)90(117)104(9)72(62(3)4)58-76(136-93(122)63(5)6)89-101-71(61-139-89)86(114)99-68(55-65(8)91(118)119)56-66-20-14-13-15-21-66/h13-15,20-21,24-27,57,61-65,68-69,72-74,76,80-84,94,110-112H,11-12,16-19,22-23,28-56,58-60,96H2,1-10H3,(H7-,97,98,99,100,102,103,107,113,114,115,116,118,119,120,121,123)/p+1/t64-,65-,68+,69-,72+,73-,74+,76+,80-,81-,82-,83+,84-,94+,106?/m0/s1. The summed E-state index contributed by atoms with van der Waals surface area (Å²) in [7, 11) is 3.57. The molecule has 2 fully saturated rings. The fraction of sp³-hybridized carbons (Fsp3) is 0.695. The molecule has 0 radical (unpaired) electrons. The number of hydrogen-bond acceptors (Lipinski definition) is 33. The topological polar surface area (TPSA) is 562 Å². The zero-order chi connectivity index (χ0) is 102. The maximum atomic E-state index is 15.2. The first kappa shape index (κ1) is 118. The molecular weight excluding hydrogens is 1840 g/mol. The van der Waals surface area contributed by atoms with Gasteiger partial charge in [0.1, 0.15) is 66.0 Å². The summed E-state index contributed by atoms with van der Waals surface area (Å²) in [6.07, 6.45) is -4.63. The number of benzene rings is 2. The first-order valence-corrected chi connectivity index (χ1v) is 48.9. The molecule has 2 saturated heterocycles. The number of hydrogen-bond donors (Lipinski definition) is 12. The number of imide groups is 1. The van der Waals surface area contributed by atoms with Gasteiger partial charge in [0, 0.05) is 81.1 Å². The normalized spacial score (nSPS) is 19.3. The van der Waals surface area contributed by atoms with Crippen LogP contribution in [0.1, 0.15) is 159 Å². The molecule has 0 aliphatic carbocycles. The Morgan fingerprint density at radius 3 is 1.71 bits per heavy atom. The minimum atomic E-state index is -2.01. The van der Waals surface area contributed by atoms with E-state index < -0.39 is 138 Å². The smallest absolute Gasteiger partial charge is 0.411 e. The number of anilines is 1. The molecule has 15 atom stereocenters. The number of likely N-dealkylation sites (N-methyl/N-ethyl adjacent to an activating group) is 2. The highest BCUT2D eigenvalue weighted by Gasteiger charge is 2.49. The van der Waals surface area contributed by atoms with Crippen molar-refractivity contribution in [2.45, 2.75) is 212 Å². The van der Waals surface area contributed by atoms with Crippen LogP contribution in [-0.2, 0) is 127 Å². The number of ether oxygens (including phenoxy) is 15. The molecule has 9 amide bonds. The quantitative estimate of drug-likeness (QED) is 0.0167. The molecule has 3 aliphatic rings. The second-order valence-electron chi connectivity index (χ2n) is 35.0. The number of thiazole rings is 1. The van der Waals surface area contributed by atoms with Crippen molar-refractivity contribution in [2.75, 3.05) is 198 Å². The lowest BCUT2D eigenvalue weighted by Crippen LogP contribution is -2.63. The van der Waals surface area contributed by atoms with Crippen LogP contribution in [0.3, 0.4) is 0 Å². The highest BCUT2D eigenvalue weighted by atomic mass is 32.1. The summed E-state index contributed by atoms with van der Waals surface area (Å²) >= 11 is 1.12. The molecule has 43 nitrogen and oxygen atoms in total. The van der Waals surface area contributed by atoms with Crippen molar-refractivity contribution in [3.05, 3.63) is 87.9 Å². The molecular formula is C95H150N11O32S+. The van der Waals surface area contributed by atoms with Crippen molar-refractivity contribution in [1.29, 1.82) is 0 Å². The molecule has 6 rings (SSSR count). The highest BCUT2D eigenvalue weighted by Crippen LogP contribution is 2.36. The van der Waals surface area contributed by atoms with E-state index in [0.717, 1.165) is 40.4 Å². The summed E-state index contributed by atoms with van der Waals surface area (Å²) in [5, 5.41) is 70.5. The molecule has 2 aromatic carbocycles. The van der Waals surface area contributed by atoms with Gasteiger partial charge in [0.15, 0.2) is 18.2 Å². The molecule has 782 valence electrons. The summed E-state index contributed by atoms with van der Waals surface area (Å²) in [6, 6.07) is 8.94. The van der Waals surface area contributed by atoms with Gasteiger partial charge < -0.3 is 138 Å². The van der Waals surface area contributed by atoms with Crippen LogP contribution in [0.5, 0.6) is 5.75 Å². The number of likely N-dealkylation sites (tertiary alicyclic amines) is 1. The average molecular weight is 1990 g/mol. The third kappa shape index (κ3) is 42.7. The molecule has 3 aromatic rings. The largest absolute Gasteiger partial charge is 0.481 e. The number of nitrogens with one attached hydrogen (secondary N) is 6. The lowest BCUT2D eigenvalue weighted by Gasteiger charge is -2.44. The molecule has 0 bridgehead atoms. The molecule has 3 aliphatic heterocycles. The first-order chi connectivity index (χ1) is 66.7. The number of quaternary nitrogens is 1. The Bertz CT molecular complexity index is 4220. The van der Waals surface area contributed by atoms with Crippen LogP contribution in [0, 0.1) is 23.7 Å². The van der Waals surface area contributed by atoms with E-state index >= 15 is 9.59 Å². The zero-order valence-electron chi connectivity index (χ0n) is 81.9. The summed E-state index contributed by atoms with van der Waals surface area (Å²) < 4.78 is 84.4. The Labute approximate surface area is 817 Å². The lowest BCUT2D eigenvalue weighted by molar-refractivity contribution is -0.942. The fourth-order valence-electron chi connectivity index (χ4n) is 15.3. The number of piperidine rings is 1. The number of carbonyl (C=O) groups is 12. The number of carbonyl (C=O) groups excluding carboxylic acids is 10. The van der Waals surface area contributed by atoms with Crippen LogP contribution in [-0.4, -0.2) is 375 Å². The molecule has 4 heterocycles. The van der Waals surface area contributed by atoms with E-state index in [2.05, 4.69) is 31.9 Å². The molecule has 1 aromatic heterocycles. The Morgan fingerprint density at radius 2 is 1.19 bits per heavy atom. The number of aliphatic hydroxyl groups excluding tert-OH is 3. The van der Waals surface area contributed by atoms with Crippen molar-refractivity contribution in [1.82, 2.24) is 41.4 Å². The predicted octanol–water partition coefficient (Wildman–Crippen LogP) is 3.38. The van der Waals surface area contributed by atoms with Crippen LogP contribution < -0.4 is 42.4 Å². The number of nitrogens with two attached hydrogens (primary N) is 1. The molecule has 44 heteroatoms. The number of amides is 9. The summed E-state index contributed by atoms with van der Waals surface area (Å²) in [4.78, 5) is 165. The minimum absolute atomic E-state index is 0.0297.